The van der Waals surface area contributed by atoms with Crippen LogP contribution in [0.5, 0.6) is 0 Å². The zero-order valence-electron chi connectivity index (χ0n) is 56.3. The lowest BCUT2D eigenvalue weighted by Gasteiger charge is -2.22. The number of unbranched alkanes of at least 4 members (excludes halogenated alkanes) is 59. The van der Waals surface area contributed by atoms with Crippen LogP contribution >= 0.6 is 0 Å². The number of aliphatic hydroxyl groups is 2. The minimum Gasteiger partial charge on any atom is -0.394 e. The summed E-state index contributed by atoms with van der Waals surface area (Å²) in [5, 5.41) is 23.5. The van der Waals surface area contributed by atoms with Crippen molar-refractivity contribution in [1.82, 2.24) is 5.32 Å². The van der Waals surface area contributed by atoms with Crippen LogP contribution in [-0.2, 0) is 4.79 Å². The number of carbonyl (C=O) groups is 1. The van der Waals surface area contributed by atoms with Gasteiger partial charge in [-0.1, -0.05) is 416 Å². The first-order chi connectivity index (χ1) is 40.7. The van der Waals surface area contributed by atoms with E-state index in [1.54, 1.807) is 0 Å². The van der Waals surface area contributed by atoms with Gasteiger partial charge in [0.25, 0.3) is 0 Å². The molecule has 0 aromatic carbocycles. The number of nitrogens with one attached hydrogen (secondary N) is 1. The zero-order valence-corrected chi connectivity index (χ0v) is 56.3. The highest BCUT2D eigenvalue weighted by Gasteiger charge is 2.20. The third-order valence-electron chi connectivity index (χ3n) is 18.2. The second kappa shape index (κ2) is 73.9. The summed E-state index contributed by atoms with van der Waals surface area (Å²) in [6.07, 6.45) is 102. The average Bonchev–Trinajstić information content (AvgIpc) is 3.50. The van der Waals surface area contributed by atoms with Crippen molar-refractivity contribution >= 4 is 5.91 Å². The smallest absolute Gasteiger partial charge is 0.220 e. The standard InChI is InChI=1S/C78H151NO3/c1-3-5-7-9-11-13-15-17-19-21-23-25-27-29-31-33-35-37-38-39-40-42-44-46-48-50-52-54-56-58-60-62-64-66-68-70-72-74-78(82)79-76(75-80)77(81)73-71-69-67-65-63-61-59-57-55-53-51-49-47-45-43-41-36-34-32-30-28-26-24-22-20-18-16-14-12-10-8-6-4-2/h15,17,21,23,27,29,76-77,80-81H,3-14,16,18-20,22,24-26,28,30-75H2,1-2H3,(H,79,82)/b17-15-,23-21-,29-27-. The number of hydrogen-bond acceptors (Lipinski definition) is 3. The van der Waals surface area contributed by atoms with Gasteiger partial charge in [-0.15, -0.1) is 0 Å². The molecular formula is C78H151NO3. The molecule has 0 saturated heterocycles. The SMILES string of the molecule is CCCCCCC/C=C\C/C=C\C/C=C\CCCCCCCCCCCCCCCCCCCCCCCCC(=O)NC(CO)C(O)CCCCCCCCCCCCCCCCCCCCCCCCCCCCCCCCCCC. The van der Waals surface area contributed by atoms with Crippen LogP contribution in [0.25, 0.3) is 0 Å². The fourth-order valence-electron chi connectivity index (χ4n) is 12.4. The van der Waals surface area contributed by atoms with E-state index in [4.69, 9.17) is 0 Å². The second-order valence-electron chi connectivity index (χ2n) is 26.4. The molecule has 0 saturated carbocycles. The Labute approximate surface area is 516 Å². The molecule has 0 spiro atoms. The van der Waals surface area contributed by atoms with Crippen LogP contribution < -0.4 is 5.32 Å². The minimum absolute atomic E-state index is 0.0215. The summed E-state index contributed by atoms with van der Waals surface area (Å²) in [5.41, 5.74) is 0. The van der Waals surface area contributed by atoms with Crippen LogP contribution in [0.15, 0.2) is 36.5 Å². The molecule has 3 N–H and O–H groups in total. The van der Waals surface area contributed by atoms with E-state index in [9.17, 15) is 15.0 Å². The van der Waals surface area contributed by atoms with Crippen LogP contribution in [0.3, 0.4) is 0 Å². The fraction of sp³-hybridized carbons (Fsp3) is 0.910. The van der Waals surface area contributed by atoms with Gasteiger partial charge in [-0.3, -0.25) is 4.79 Å². The summed E-state index contributed by atoms with van der Waals surface area (Å²) in [6, 6.07) is -0.537. The normalized spacial score (nSPS) is 12.8. The number of amides is 1. The summed E-state index contributed by atoms with van der Waals surface area (Å²) >= 11 is 0. The van der Waals surface area contributed by atoms with Crippen molar-refractivity contribution in [2.75, 3.05) is 6.61 Å². The van der Waals surface area contributed by atoms with E-state index >= 15 is 0 Å². The molecule has 0 bridgehead atoms. The van der Waals surface area contributed by atoms with Gasteiger partial charge >= 0.3 is 0 Å². The molecule has 0 rings (SSSR count). The molecule has 0 heterocycles. The van der Waals surface area contributed by atoms with E-state index < -0.39 is 12.1 Å². The third-order valence-corrected chi connectivity index (χ3v) is 18.2. The number of aliphatic hydroxyl groups excluding tert-OH is 2. The van der Waals surface area contributed by atoms with Crippen LogP contribution in [0.1, 0.15) is 438 Å². The van der Waals surface area contributed by atoms with Gasteiger partial charge < -0.3 is 15.5 Å². The monoisotopic (exact) mass is 1150 g/mol. The number of hydrogen-bond donors (Lipinski definition) is 3. The molecular weight excluding hydrogens is 999 g/mol. The fourth-order valence-corrected chi connectivity index (χ4v) is 12.4. The van der Waals surface area contributed by atoms with Crippen LogP contribution in [0.4, 0.5) is 0 Å². The Morgan fingerprint density at radius 3 is 0.744 bits per heavy atom. The van der Waals surface area contributed by atoms with Gasteiger partial charge in [-0.25, -0.2) is 0 Å². The molecule has 0 aliphatic rings. The van der Waals surface area contributed by atoms with Crippen molar-refractivity contribution in [2.45, 2.75) is 450 Å². The minimum atomic E-state index is -0.660. The van der Waals surface area contributed by atoms with E-state index in [0.29, 0.717) is 12.8 Å². The first-order valence-electron chi connectivity index (χ1n) is 38.2. The second-order valence-corrected chi connectivity index (χ2v) is 26.4. The Bertz CT molecular complexity index is 1260. The maximum absolute atomic E-state index is 12.6. The molecule has 4 heteroatoms. The molecule has 82 heavy (non-hydrogen) atoms. The predicted octanol–water partition coefficient (Wildman–Crippen LogP) is 26.3. The lowest BCUT2D eigenvalue weighted by molar-refractivity contribution is -0.123. The molecule has 486 valence electrons. The first kappa shape index (κ1) is 80.6. The number of carbonyl (C=O) groups excluding carboxylic acids is 1. The van der Waals surface area contributed by atoms with Crippen molar-refractivity contribution in [3.05, 3.63) is 36.5 Å². The van der Waals surface area contributed by atoms with E-state index in [2.05, 4.69) is 55.6 Å². The Balaban J connectivity index is 3.37. The largest absolute Gasteiger partial charge is 0.394 e. The highest BCUT2D eigenvalue weighted by atomic mass is 16.3. The lowest BCUT2D eigenvalue weighted by Crippen LogP contribution is -2.45. The highest BCUT2D eigenvalue weighted by molar-refractivity contribution is 5.76. The summed E-state index contributed by atoms with van der Waals surface area (Å²) in [5.74, 6) is -0.0215. The van der Waals surface area contributed by atoms with E-state index in [1.807, 2.05) is 0 Å². The molecule has 2 atom stereocenters. The quantitative estimate of drug-likeness (QED) is 0.0420. The zero-order chi connectivity index (χ0) is 59.1. The van der Waals surface area contributed by atoms with Crippen molar-refractivity contribution in [3.63, 3.8) is 0 Å². The Morgan fingerprint density at radius 2 is 0.500 bits per heavy atom. The summed E-state index contributed by atoms with van der Waals surface area (Å²) in [4.78, 5) is 12.6. The molecule has 1 amide bonds. The van der Waals surface area contributed by atoms with Crippen LogP contribution in [-0.4, -0.2) is 34.9 Å². The van der Waals surface area contributed by atoms with Crippen molar-refractivity contribution in [2.24, 2.45) is 0 Å². The van der Waals surface area contributed by atoms with Gasteiger partial charge in [0.15, 0.2) is 0 Å². The molecule has 0 aromatic rings. The van der Waals surface area contributed by atoms with Crippen LogP contribution in [0.2, 0.25) is 0 Å². The van der Waals surface area contributed by atoms with E-state index in [1.165, 1.54) is 372 Å². The molecule has 2 unspecified atom stereocenters. The van der Waals surface area contributed by atoms with Gasteiger partial charge in [0.2, 0.25) is 5.91 Å². The summed E-state index contributed by atoms with van der Waals surface area (Å²) in [6.45, 7) is 4.40. The molecule has 0 aromatic heterocycles. The van der Waals surface area contributed by atoms with Crippen molar-refractivity contribution in [3.8, 4) is 0 Å². The molecule has 4 nitrogen and oxygen atoms in total. The summed E-state index contributed by atoms with van der Waals surface area (Å²) < 4.78 is 0. The predicted molar refractivity (Wildman–Crippen MR) is 369 cm³/mol. The van der Waals surface area contributed by atoms with E-state index in [0.717, 1.165) is 38.5 Å². The Kier molecular flexibility index (Phi) is 72.6. The van der Waals surface area contributed by atoms with Crippen LogP contribution in [0, 0.1) is 0 Å². The molecule has 0 radical (unpaired) electrons. The van der Waals surface area contributed by atoms with Gasteiger partial charge in [-0.05, 0) is 51.4 Å². The summed E-state index contributed by atoms with van der Waals surface area (Å²) in [7, 11) is 0. The molecule has 0 aliphatic carbocycles. The van der Waals surface area contributed by atoms with Crippen molar-refractivity contribution < 1.29 is 15.0 Å². The van der Waals surface area contributed by atoms with Gasteiger partial charge in [0.05, 0.1) is 18.8 Å². The molecule has 0 fully saturated rings. The molecule has 0 aliphatic heterocycles. The maximum atomic E-state index is 12.6. The van der Waals surface area contributed by atoms with E-state index in [-0.39, 0.29) is 12.5 Å². The average molecular weight is 1150 g/mol. The van der Waals surface area contributed by atoms with Crippen molar-refractivity contribution in [1.29, 1.82) is 0 Å². The number of allylic oxidation sites excluding steroid dienone is 6. The highest BCUT2D eigenvalue weighted by Crippen LogP contribution is 2.20. The third kappa shape index (κ3) is 69.4. The topological polar surface area (TPSA) is 69.6 Å². The van der Waals surface area contributed by atoms with Gasteiger partial charge in [0, 0.05) is 6.42 Å². The first-order valence-corrected chi connectivity index (χ1v) is 38.2. The van der Waals surface area contributed by atoms with Gasteiger partial charge in [0.1, 0.15) is 0 Å². The van der Waals surface area contributed by atoms with Gasteiger partial charge in [-0.2, -0.15) is 0 Å². The maximum Gasteiger partial charge on any atom is 0.220 e. The lowest BCUT2D eigenvalue weighted by atomic mass is 10.0. The number of rotatable bonds is 72. The Morgan fingerprint density at radius 1 is 0.293 bits per heavy atom. The Hall–Kier alpha value is -1.39.